The number of anilines is 2. The zero-order valence-electron chi connectivity index (χ0n) is 16.3. The summed E-state index contributed by atoms with van der Waals surface area (Å²) in [5, 5.41) is 7.35. The third-order valence-electron chi connectivity index (χ3n) is 4.93. The standard InChI is InChI=1S/C23H21N3O3S/c27-21(11-13-24-22(28)20-6-3-15-30-20)25-18-9-7-17(8-10-18)23(29)26-14-12-16-4-1-2-5-19(16)26/h1-10,15H,11-14H2,(H,24,28)(H,25,27). The number of amides is 3. The van der Waals surface area contributed by atoms with Crippen LogP contribution in [-0.4, -0.2) is 30.8 Å². The highest BCUT2D eigenvalue weighted by Crippen LogP contribution is 2.29. The monoisotopic (exact) mass is 419 g/mol. The topological polar surface area (TPSA) is 78.5 Å². The molecular formula is C23H21N3O3S. The van der Waals surface area contributed by atoms with Crippen molar-refractivity contribution in [2.45, 2.75) is 12.8 Å². The van der Waals surface area contributed by atoms with Crippen molar-refractivity contribution in [2.75, 3.05) is 23.3 Å². The molecule has 3 amide bonds. The van der Waals surface area contributed by atoms with Crippen LogP contribution in [0.1, 0.15) is 32.0 Å². The van der Waals surface area contributed by atoms with Crippen LogP contribution in [0.5, 0.6) is 0 Å². The highest BCUT2D eigenvalue weighted by atomic mass is 32.1. The fraction of sp³-hybridized carbons (Fsp3) is 0.174. The lowest BCUT2D eigenvalue weighted by atomic mass is 10.1. The van der Waals surface area contributed by atoms with Gasteiger partial charge in [-0.15, -0.1) is 11.3 Å². The summed E-state index contributed by atoms with van der Waals surface area (Å²) in [6.07, 6.45) is 1.03. The lowest BCUT2D eigenvalue weighted by Crippen LogP contribution is -2.28. The van der Waals surface area contributed by atoms with Crippen LogP contribution in [0, 0.1) is 0 Å². The largest absolute Gasteiger partial charge is 0.351 e. The number of nitrogens with one attached hydrogen (secondary N) is 2. The molecule has 0 aliphatic carbocycles. The van der Waals surface area contributed by atoms with Crippen LogP contribution in [0.2, 0.25) is 0 Å². The van der Waals surface area contributed by atoms with Crippen LogP contribution in [0.25, 0.3) is 0 Å². The number of rotatable bonds is 6. The highest BCUT2D eigenvalue weighted by Gasteiger charge is 2.25. The van der Waals surface area contributed by atoms with E-state index in [0.29, 0.717) is 22.7 Å². The van der Waals surface area contributed by atoms with Gasteiger partial charge in [0.2, 0.25) is 5.91 Å². The number of thiophene rings is 1. The van der Waals surface area contributed by atoms with E-state index in [2.05, 4.69) is 10.6 Å². The van der Waals surface area contributed by atoms with Crippen molar-refractivity contribution >= 4 is 40.4 Å². The van der Waals surface area contributed by atoms with Crippen molar-refractivity contribution in [3.8, 4) is 0 Å². The Balaban J connectivity index is 1.29. The van der Waals surface area contributed by atoms with E-state index in [-0.39, 0.29) is 30.7 Å². The molecule has 1 aromatic heterocycles. The highest BCUT2D eigenvalue weighted by molar-refractivity contribution is 7.12. The summed E-state index contributed by atoms with van der Waals surface area (Å²) < 4.78 is 0. The molecule has 2 aromatic carbocycles. The Morgan fingerprint density at radius 2 is 1.77 bits per heavy atom. The Bertz CT molecular complexity index is 1060. The fourth-order valence-electron chi connectivity index (χ4n) is 3.41. The van der Waals surface area contributed by atoms with E-state index < -0.39 is 0 Å². The minimum atomic E-state index is -0.200. The summed E-state index contributed by atoms with van der Waals surface area (Å²) >= 11 is 1.36. The molecule has 0 radical (unpaired) electrons. The Morgan fingerprint density at radius 3 is 2.53 bits per heavy atom. The number of carbonyl (C=O) groups excluding carboxylic acids is 3. The molecular weight excluding hydrogens is 398 g/mol. The Morgan fingerprint density at radius 1 is 0.967 bits per heavy atom. The van der Waals surface area contributed by atoms with Gasteiger partial charge in [-0.1, -0.05) is 24.3 Å². The molecule has 0 atom stereocenters. The van der Waals surface area contributed by atoms with Crippen molar-refractivity contribution in [3.63, 3.8) is 0 Å². The molecule has 0 saturated carbocycles. The molecule has 0 unspecified atom stereocenters. The van der Waals surface area contributed by atoms with Gasteiger partial charge in [0.05, 0.1) is 4.88 Å². The van der Waals surface area contributed by atoms with Crippen LogP contribution in [0.3, 0.4) is 0 Å². The predicted molar refractivity (Wildman–Crippen MR) is 118 cm³/mol. The van der Waals surface area contributed by atoms with E-state index in [1.165, 1.54) is 16.9 Å². The summed E-state index contributed by atoms with van der Waals surface area (Å²) in [7, 11) is 0. The molecule has 1 aliphatic heterocycles. The average Bonchev–Trinajstić information content (AvgIpc) is 3.44. The second-order valence-electron chi connectivity index (χ2n) is 6.94. The maximum Gasteiger partial charge on any atom is 0.261 e. The molecule has 0 spiro atoms. The third kappa shape index (κ3) is 4.41. The number of hydrogen-bond acceptors (Lipinski definition) is 4. The van der Waals surface area contributed by atoms with Crippen LogP contribution in [-0.2, 0) is 11.2 Å². The maximum atomic E-state index is 12.8. The third-order valence-corrected chi connectivity index (χ3v) is 5.80. The molecule has 2 heterocycles. The van der Waals surface area contributed by atoms with Gasteiger partial charge in [-0.3, -0.25) is 14.4 Å². The summed E-state index contributed by atoms with van der Waals surface area (Å²) in [6.45, 7) is 0.932. The lowest BCUT2D eigenvalue weighted by Gasteiger charge is -2.17. The van der Waals surface area contributed by atoms with E-state index in [0.717, 1.165) is 12.1 Å². The van der Waals surface area contributed by atoms with Crippen molar-refractivity contribution in [2.24, 2.45) is 0 Å². The van der Waals surface area contributed by atoms with Crippen LogP contribution >= 0.6 is 11.3 Å². The second kappa shape index (κ2) is 8.92. The fourth-order valence-corrected chi connectivity index (χ4v) is 4.05. The minimum absolute atomic E-state index is 0.0471. The van der Waals surface area contributed by atoms with E-state index >= 15 is 0 Å². The number of fused-ring (bicyclic) bond motifs is 1. The first-order valence-electron chi connectivity index (χ1n) is 9.73. The van der Waals surface area contributed by atoms with Crippen molar-refractivity contribution in [3.05, 3.63) is 82.0 Å². The van der Waals surface area contributed by atoms with Crippen LogP contribution < -0.4 is 15.5 Å². The molecule has 7 heteroatoms. The van der Waals surface area contributed by atoms with Gasteiger partial charge in [-0.05, 0) is 53.8 Å². The van der Waals surface area contributed by atoms with Crippen molar-refractivity contribution in [1.29, 1.82) is 0 Å². The number of hydrogen-bond donors (Lipinski definition) is 2. The van der Waals surface area contributed by atoms with Crippen LogP contribution in [0.4, 0.5) is 11.4 Å². The first-order valence-corrected chi connectivity index (χ1v) is 10.6. The maximum absolute atomic E-state index is 12.8. The Kier molecular flexibility index (Phi) is 5.90. The van der Waals surface area contributed by atoms with E-state index in [1.54, 1.807) is 35.2 Å². The smallest absolute Gasteiger partial charge is 0.261 e. The zero-order chi connectivity index (χ0) is 20.9. The first kappa shape index (κ1) is 19.8. The number of carbonyl (C=O) groups is 3. The van der Waals surface area contributed by atoms with Gasteiger partial charge in [0.25, 0.3) is 11.8 Å². The number of nitrogens with zero attached hydrogens (tertiary/aromatic N) is 1. The summed E-state index contributed by atoms with van der Waals surface area (Å²) in [5.41, 5.74) is 3.33. The molecule has 4 rings (SSSR count). The normalized spacial score (nSPS) is 12.3. The quantitative estimate of drug-likeness (QED) is 0.639. The Hall–Kier alpha value is -3.45. The first-order chi connectivity index (χ1) is 14.6. The van der Waals surface area contributed by atoms with Gasteiger partial charge in [0.15, 0.2) is 0 Å². The minimum Gasteiger partial charge on any atom is -0.351 e. The van der Waals surface area contributed by atoms with Crippen molar-refractivity contribution < 1.29 is 14.4 Å². The predicted octanol–water partition coefficient (Wildman–Crippen LogP) is 3.71. The molecule has 152 valence electrons. The zero-order valence-corrected chi connectivity index (χ0v) is 17.1. The van der Waals surface area contributed by atoms with Crippen LogP contribution in [0.15, 0.2) is 66.0 Å². The average molecular weight is 420 g/mol. The SMILES string of the molecule is O=C(CCNC(=O)c1cccs1)Nc1ccc(C(=O)N2CCc3ccccc32)cc1. The van der Waals surface area contributed by atoms with Gasteiger partial charge in [0.1, 0.15) is 0 Å². The molecule has 30 heavy (non-hydrogen) atoms. The van der Waals surface area contributed by atoms with E-state index in [9.17, 15) is 14.4 Å². The van der Waals surface area contributed by atoms with Gasteiger partial charge >= 0.3 is 0 Å². The van der Waals surface area contributed by atoms with E-state index in [1.807, 2.05) is 35.7 Å². The lowest BCUT2D eigenvalue weighted by molar-refractivity contribution is -0.116. The van der Waals surface area contributed by atoms with Gasteiger partial charge in [-0.2, -0.15) is 0 Å². The molecule has 3 aromatic rings. The summed E-state index contributed by atoms with van der Waals surface area (Å²) in [6, 6.07) is 18.4. The molecule has 0 saturated heterocycles. The van der Waals surface area contributed by atoms with Crippen molar-refractivity contribution in [1.82, 2.24) is 5.32 Å². The molecule has 6 nitrogen and oxygen atoms in total. The molecule has 0 fully saturated rings. The van der Waals surface area contributed by atoms with Gasteiger partial charge < -0.3 is 15.5 Å². The molecule has 1 aliphatic rings. The number of benzene rings is 2. The summed E-state index contributed by atoms with van der Waals surface area (Å²) in [5.74, 6) is -0.424. The molecule has 0 bridgehead atoms. The second-order valence-corrected chi connectivity index (χ2v) is 7.89. The van der Waals surface area contributed by atoms with Gasteiger partial charge in [-0.25, -0.2) is 0 Å². The number of para-hydroxylation sites is 1. The Labute approximate surface area is 178 Å². The van der Waals surface area contributed by atoms with E-state index in [4.69, 9.17) is 0 Å². The molecule has 2 N–H and O–H groups in total. The summed E-state index contributed by atoms with van der Waals surface area (Å²) in [4.78, 5) is 39.2. The van der Waals surface area contributed by atoms with Gasteiger partial charge in [0, 0.05) is 36.4 Å².